The third-order valence-corrected chi connectivity index (χ3v) is 6.58. The minimum absolute atomic E-state index is 0.0181. The largest absolute Gasteiger partial charge is 0.330 e. The van der Waals surface area contributed by atoms with Gasteiger partial charge in [0.1, 0.15) is 6.54 Å². The Morgan fingerprint density at radius 3 is 2.72 bits per heavy atom. The van der Waals surface area contributed by atoms with Crippen molar-refractivity contribution in [3.05, 3.63) is 68.3 Å². The first kappa shape index (κ1) is 21.9. The highest BCUT2D eigenvalue weighted by atomic mass is 35.5. The molecule has 0 saturated heterocycles. The third kappa shape index (κ3) is 4.68. The molecule has 1 atom stereocenters. The van der Waals surface area contributed by atoms with Crippen LogP contribution in [0.5, 0.6) is 0 Å². The smallest absolute Gasteiger partial charge is 0.243 e. The second-order valence-electron chi connectivity index (χ2n) is 7.37. The second-order valence-corrected chi connectivity index (χ2v) is 9.21. The van der Waals surface area contributed by atoms with Gasteiger partial charge in [-0.25, -0.2) is 0 Å². The highest BCUT2D eigenvalue weighted by Gasteiger charge is 2.35. The van der Waals surface area contributed by atoms with Crippen molar-refractivity contribution >= 4 is 46.4 Å². The van der Waals surface area contributed by atoms with Gasteiger partial charge in [-0.1, -0.05) is 49.2 Å². The summed E-state index contributed by atoms with van der Waals surface area (Å²) in [5, 5.41) is 3.13. The third-order valence-electron chi connectivity index (χ3n) is 5.02. The van der Waals surface area contributed by atoms with Crippen LogP contribution in [0.3, 0.4) is 0 Å². The van der Waals surface area contributed by atoms with E-state index in [0.717, 1.165) is 17.5 Å². The Morgan fingerprint density at radius 1 is 1.31 bits per heavy atom. The van der Waals surface area contributed by atoms with Gasteiger partial charge in [-0.05, 0) is 41.1 Å². The molecular weight excluding hydrogens is 427 g/mol. The summed E-state index contributed by atoms with van der Waals surface area (Å²) in [5.74, 6) is -0.352. The molecular formula is C22H24Cl2N2O2S. The molecule has 0 radical (unpaired) electrons. The van der Waals surface area contributed by atoms with E-state index in [4.69, 9.17) is 23.2 Å². The van der Waals surface area contributed by atoms with Gasteiger partial charge in [0.2, 0.25) is 11.8 Å². The van der Waals surface area contributed by atoms with E-state index < -0.39 is 0 Å². The second kappa shape index (κ2) is 9.33. The molecule has 0 spiro atoms. The molecule has 1 unspecified atom stereocenters. The molecule has 2 heterocycles. The fraction of sp³-hybridized carbons (Fsp3) is 0.364. The molecule has 4 nitrogen and oxygen atoms in total. The van der Waals surface area contributed by atoms with Gasteiger partial charge in [0.25, 0.3) is 0 Å². The van der Waals surface area contributed by atoms with Gasteiger partial charge in [0, 0.05) is 33.9 Å². The number of rotatable bonds is 6. The maximum atomic E-state index is 13.3. The van der Waals surface area contributed by atoms with Crippen LogP contribution in [-0.2, 0) is 16.0 Å². The first-order chi connectivity index (χ1) is 13.8. The molecule has 0 fully saturated rings. The van der Waals surface area contributed by atoms with Crippen molar-refractivity contribution in [3.63, 3.8) is 0 Å². The normalized spacial score (nSPS) is 15.9. The van der Waals surface area contributed by atoms with Crippen LogP contribution < -0.4 is 0 Å². The number of benzene rings is 1. The van der Waals surface area contributed by atoms with E-state index in [9.17, 15) is 9.59 Å². The van der Waals surface area contributed by atoms with Crippen molar-refractivity contribution in [2.45, 2.75) is 26.3 Å². The van der Waals surface area contributed by atoms with Crippen molar-refractivity contribution in [2.75, 3.05) is 19.6 Å². The highest BCUT2D eigenvalue weighted by molar-refractivity contribution is 7.10. The molecule has 7 heteroatoms. The number of thiophene rings is 1. The van der Waals surface area contributed by atoms with Crippen molar-refractivity contribution in [1.29, 1.82) is 0 Å². The van der Waals surface area contributed by atoms with Gasteiger partial charge in [-0.2, -0.15) is 0 Å². The average Bonchev–Trinajstić information content (AvgIpc) is 3.15. The lowest BCUT2D eigenvalue weighted by molar-refractivity contribution is -0.142. The molecule has 2 amide bonds. The number of carbonyl (C=O) groups is 2. The predicted octanol–water partition coefficient (Wildman–Crippen LogP) is 5.20. The monoisotopic (exact) mass is 450 g/mol. The van der Waals surface area contributed by atoms with Crippen LogP contribution in [0.1, 0.15) is 35.9 Å². The molecule has 0 saturated carbocycles. The van der Waals surface area contributed by atoms with E-state index in [1.807, 2.05) is 30.2 Å². The fourth-order valence-corrected chi connectivity index (χ4v) is 5.07. The summed E-state index contributed by atoms with van der Waals surface area (Å²) in [4.78, 5) is 30.5. The quantitative estimate of drug-likeness (QED) is 0.567. The average molecular weight is 451 g/mol. The Kier molecular flexibility index (Phi) is 7.04. The van der Waals surface area contributed by atoms with Gasteiger partial charge >= 0.3 is 0 Å². The molecule has 154 valence electrons. The Hall–Kier alpha value is -1.82. The molecule has 1 aliphatic heterocycles. The van der Waals surface area contributed by atoms with E-state index >= 15 is 0 Å². The zero-order valence-electron chi connectivity index (χ0n) is 16.5. The summed E-state index contributed by atoms with van der Waals surface area (Å²) in [5.41, 5.74) is 1.93. The Labute approximate surface area is 185 Å². The van der Waals surface area contributed by atoms with Crippen molar-refractivity contribution in [2.24, 2.45) is 5.92 Å². The van der Waals surface area contributed by atoms with Crippen molar-refractivity contribution in [1.82, 2.24) is 9.80 Å². The van der Waals surface area contributed by atoms with Gasteiger partial charge in [-0.3, -0.25) is 9.59 Å². The molecule has 1 aliphatic rings. The summed E-state index contributed by atoms with van der Waals surface area (Å²) in [6.07, 6.45) is 2.44. The number of fused-ring (bicyclic) bond motifs is 1. The molecule has 0 N–H and O–H groups in total. The lowest BCUT2D eigenvalue weighted by atomic mass is 9.93. The number of hydrogen-bond donors (Lipinski definition) is 0. The fourth-order valence-electron chi connectivity index (χ4n) is 3.65. The maximum absolute atomic E-state index is 13.3. The standard InChI is InChI=1S/C22H24Cl2N2O2S/c1-4-9-25(22(28)14(2)3)13-20(27)26-10-7-19-17(8-11-29-19)21(26)16-6-5-15(23)12-18(16)24/h4-6,8,11-12,14,21H,1,7,9-10,13H2,2-3H3. The van der Waals surface area contributed by atoms with Gasteiger partial charge in [0.05, 0.1) is 6.04 Å². The van der Waals surface area contributed by atoms with Crippen LogP contribution in [-0.4, -0.2) is 41.2 Å². The Bertz CT molecular complexity index is 925. The van der Waals surface area contributed by atoms with E-state index in [1.54, 1.807) is 34.4 Å². The lowest BCUT2D eigenvalue weighted by Gasteiger charge is -2.38. The molecule has 29 heavy (non-hydrogen) atoms. The Morgan fingerprint density at radius 2 is 2.07 bits per heavy atom. The Balaban J connectivity index is 1.95. The van der Waals surface area contributed by atoms with Crippen LogP contribution in [0.15, 0.2) is 42.3 Å². The zero-order chi connectivity index (χ0) is 21.1. The summed E-state index contributed by atoms with van der Waals surface area (Å²) < 4.78 is 0. The van der Waals surface area contributed by atoms with Crippen molar-refractivity contribution in [3.8, 4) is 0 Å². The number of hydrogen-bond acceptors (Lipinski definition) is 3. The number of halogens is 2. The van der Waals surface area contributed by atoms with Crippen LogP contribution in [0.4, 0.5) is 0 Å². The van der Waals surface area contributed by atoms with Crippen LogP contribution in [0, 0.1) is 5.92 Å². The molecule has 1 aromatic carbocycles. The topological polar surface area (TPSA) is 40.6 Å². The van der Waals surface area contributed by atoms with Gasteiger partial charge < -0.3 is 9.80 Å². The van der Waals surface area contributed by atoms with E-state index in [2.05, 4.69) is 12.6 Å². The number of carbonyl (C=O) groups excluding carboxylic acids is 2. The molecule has 3 rings (SSSR count). The highest BCUT2D eigenvalue weighted by Crippen LogP contribution is 2.41. The van der Waals surface area contributed by atoms with Crippen LogP contribution in [0.2, 0.25) is 10.0 Å². The van der Waals surface area contributed by atoms with Gasteiger partial charge in [0.15, 0.2) is 0 Å². The SMILES string of the molecule is C=CCN(CC(=O)N1CCc2sccc2C1c1ccc(Cl)cc1Cl)C(=O)C(C)C. The predicted molar refractivity (Wildman–Crippen MR) is 120 cm³/mol. The lowest BCUT2D eigenvalue weighted by Crippen LogP contribution is -2.47. The molecule has 2 aromatic rings. The van der Waals surface area contributed by atoms with E-state index in [1.165, 1.54) is 4.88 Å². The van der Waals surface area contributed by atoms with Crippen molar-refractivity contribution < 1.29 is 9.59 Å². The summed E-state index contributed by atoms with van der Waals surface area (Å²) in [6.45, 7) is 8.32. The van der Waals surface area contributed by atoms with E-state index in [-0.39, 0.29) is 30.3 Å². The summed E-state index contributed by atoms with van der Waals surface area (Å²) >= 11 is 14.3. The van der Waals surface area contributed by atoms with E-state index in [0.29, 0.717) is 23.1 Å². The summed E-state index contributed by atoms with van der Waals surface area (Å²) in [6, 6.07) is 7.13. The van der Waals surface area contributed by atoms with Gasteiger partial charge in [-0.15, -0.1) is 17.9 Å². The number of nitrogens with zero attached hydrogens (tertiary/aromatic N) is 2. The maximum Gasteiger partial charge on any atom is 0.243 e. The molecule has 1 aromatic heterocycles. The first-order valence-electron chi connectivity index (χ1n) is 9.53. The molecule has 0 bridgehead atoms. The van der Waals surface area contributed by atoms with Crippen LogP contribution >= 0.6 is 34.5 Å². The first-order valence-corrected chi connectivity index (χ1v) is 11.2. The summed E-state index contributed by atoms with van der Waals surface area (Å²) in [7, 11) is 0. The minimum Gasteiger partial charge on any atom is -0.330 e. The van der Waals surface area contributed by atoms with Crippen LogP contribution in [0.25, 0.3) is 0 Å². The zero-order valence-corrected chi connectivity index (χ0v) is 18.9. The number of amides is 2. The minimum atomic E-state index is -0.290. The molecule has 0 aliphatic carbocycles.